The maximum atomic E-state index is 9.23. The number of halogens is 2. The first-order valence-electron chi connectivity index (χ1n) is 6.90. The second-order valence-electron chi connectivity index (χ2n) is 5.21. The molecule has 1 N–H and O–H groups in total. The van der Waals surface area contributed by atoms with E-state index in [1.807, 2.05) is 30.3 Å². The Morgan fingerprint density at radius 1 is 1.09 bits per heavy atom. The summed E-state index contributed by atoms with van der Waals surface area (Å²) in [6.45, 7) is 4.21. The van der Waals surface area contributed by atoms with Crippen LogP contribution in [-0.2, 0) is 6.61 Å². The molecule has 2 rings (SSSR count). The van der Waals surface area contributed by atoms with Crippen LogP contribution in [0.15, 0.2) is 39.3 Å². The molecule has 22 heavy (non-hydrogen) atoms. The van der Waals surface area contributed by atoms with Crippen LogP contribution in [0, 0.1) is 0 Å². The molecule has 0 spiro atoms. The highest BCUT2D eigenvalue weighted by molar-refractivity contribution is 9.11. The van der Waals surface area contributed by atoms with Crippen molar-refractivity contribution in [2.45, 2.75) is 26.4 Å². The summed E-state index contributed by atoms with van der Waals surface area (Å²) in [5.41, 5.74) is 1.91. The van der Waals surface area contributed by atoms with Crippen molar-refractivity contribution < 1.29 is 14.6 Å². The minimum absolute atomic E-state index is 0.0164. The molecule has 0 atom stereocenters. The lowest BCUT2D eigenvalue weighted by atomic mass is 10.0. The zero-order valence-electron chi connectivity index (χ0n) is 12.7. The Hall–Kier alpha value is -1.04. The molecular weight excluding hydrogens is 412 g/mol. The largest absolute Gasteiger partial charge is 0.496 e. The van der Waals surface area contributed by atoms with Gasteiger partial charge >= 0.3 is 0 Å². The van der Waals surface area contributed by atoms with Gasteiger partial charge < -0.3 is 14.6 Å². The van der Waals surface area contributed by atoms with E-state index in [0.29, 0.717) is 11.7 Å². The second kappa shape index (κ2) is 7.49. The van der Waals surface area contributed by atoms with Gasteiger partial charge in [0.25, 0.3) is 0 Å². The summed E-state index contributed by atoms with van der Waals surface area (Å²) in [6.07, 6.45) is 0. The Bertz CT molecular complexity index is 646. The summed E-state index contributed by atoms with van der Waals surface area (Å²) in [6, 6.07) is 9.46. The van der Waals surface area contributed by atoms with E-state index >= 15 is 0 Å². The van der Waals surface area contributed by atoms with Crippen molar-refractivity contribution >= 4 is 31.9 Å². The van der Waals surface area contributed by atoms with E-state index in [-0.39, 0.29) is 6.61 Å². The van der Waals surface area contributed by atoms with Crippen LogP contribution in [0.2, 0.25) is 0 Å². The fourth-order valence-corrected chi connectivity index (χ4v) is 3.59. The average molecular weight is 430 g/mol. The number of aliphatic hydroxyl groups excluding tert-OH is 1. The average Bonchev–Trinajstić information content (AvgIpc) is 2.50. The molecule has 0 fully saturated rings. The molecule has 0 aliphatic carbocycles. The molecule has 2 aromatic rings. The van der Waals surface area contributed by atoms with Gasteiger partial charge in [-0.05, 0) is 73.7 Å². The molecule has 2 aromatic carbocycles. The third-order valence-corrected chi connectivity index (χ3v) is 4.46. The maximum Gasteiger partial charge on any atom is 0.155 e. The lowest BCUT2D eigenvalue weighted by Crippen LogP contribution is -1.96. The molecule has 0 amide bonds. The van der Waals surface area contributed by atoms with E-state index in [0.717, 1.165) is 31.6 Å². The molecule has 0 heterocycles. The van der Waals surface area contributed by atoms with Gasteiger partial charge in [-0.25, -0.2) is 0 Å². The minimum Gasteiger partial charge on any atom is -0.496 e. The smallest absolute Gasteiger partial charge is 0.155 e. The predicted octanol–water partition coefficient (Wildman–Crippen LogP) is 5.63. The molecule has 3 nitrogen and oxygen atoms in total. The summed E-state index contributed by atoms with van der Waals surface area (Å²) in [7, 11) is 1.67. The molecule has 0 aliphatic heterocycles. The first-order valence-corrected chi connectivity index (χ1v) is 8.49. The molecular formula is C17H18Br2O3. The Balaban J connectivity index is 2.37. The molecule has 0 aromatic heterocycles. The van der Waals surface area contributed by atoms with Gasteiger partial charge in [0.05, 0.1) is 22.7 Å². The summed E-state index contributed by atoms with van der Waals surface area (Å²) in [5.74, 6) is 2.61. The van der Waals surface area contributed by atoms with Crippen LogP contribution in [0.5, 0.6) is 17.2 Å². The highest BCUT2D eigenvalue weighted by Crippen LogP contribution is 2.39. The van der Waals surface area contributed by atoms with Crippen molar-refractivity contribution in [3.05, 3.63) is 50.4 Å². The topological polar surface area (TPSA) is 38.7 Å². The number of benzene rings is 2. The molecule has 0 unspecified atom stereocenters. The minimum atomic E-state index is -0.0164. The van der Waals surface area contributed by atoms with Gasteiger partial charge in [-0.3, -0.25) is 0 Å². The third-order valence-electron chi connectivity index (χ3n) is 3.28. The van der Waals surface area contributed by atoms with Crippen molar-refractivity contribution in [2.24, 2.45) is 0 Å². The Labute approximate surface area is 147 Å². The zero-order valence-corrected chi connectivity index (χ0v) is 15.9. The number of ether oxygens (including phenoxy) is 2. The van der Waals surface area contributed by atoms with Crippen LogP contribution in [0.1, 0.15) is 30.9 Å². The lowest BCUT2D eigenvalue weighted by Gasteiger charge is -2.15. The SMILES string of the molecule is COc1ccc(Oc2c(Br)cc(CO)cc2Br)cc1C(C)C. The van der Waals surface area contributed by atoms with Crippen LogP contribution in [0.4, 0.5) is 0 Å². The number of hydrogen-bond donors (Lipinski definition) is 1. The highest BCUT2D eigenvalue weighted by Gasteiger charge is 2.13. The van der Waals surface area contributed by atoms with Crippen LogP contribution in [-0.4, -0.2) is 12.2 Å². The fourth-order valence-electron chi connectivity index (χ4n) is 2.15. The van der Waals surface area contributed by atoms with Gasteiger partial charge in [0.2, 0.25) is 0 Å². The number of aliphatic hydroxyl groups is 1. The van der Waals surface area contributed by atoms with E-state index in [9.17, 15) is 5.11 Å². The van der Waals surface area contributed by atoms with Crippen molar-refractivity contribution in [3.8, 4) is 17.2 Å². The Morgan fingerprint density at radius 2 is 1.73 bits per heavy atom. The first-order chi connectivity index (χ1) is 10.5. The van der Waals surface area contributed by atoms with Gasteiger partial charge in [-0.15, -0.1) is 0 Å². The van der Waals surface area contributed by atoms with Crippen molar-refractivity contribution in [3.63, 3.8) is 0 Å². The highest BCUT2D eigenvalue weighted by atomic mass is 79.9. The van der Waals surface area contributed by atoms with Gasteiger partial charge in [-0.2, -0.15) is 0 Å². The predicted molar refractivity (Wildman–Crippen MR) is 94.9 cm³/mol. The second-order valence-corrected chi connectivity index (χ2v) is 6.92. The van der Waals surface area contributed by atoms with E-state index in [4.69, 9.17) is 9.47 Å². The quantitative estimate of drug-likeness (QED) is 0.669. The molecule has 0 aliphatic rings. The van der Waals surface area contributed by atoms with Gasteiger partial charge in [-0.1, -0.05) is 13.8 Å². The zero-order chi connectivity index (χ0) is 16.3. The first kappa shape index (κ1) is 17.3. The third kappa shape index (κ3) is 3.83. The van der Waals surface area contributed by atoms with Crippen LogP contribution >= 0.6 is 31.9 Å². The summed E-state index contributed by atoms with van der Waals surface area (Å²) >= 11 is 6.96. The van der Waals surface area contributed by atoms with Crippen LogP contribution < -0.4 is 9.47 Å². The maximum absolute atomic E-state index is 9.23. The summed E-state index contributed by atoms with van der Waals surface area (Å²) in [4.78, 5) is 0. The molecule has 118 valence electrons. The molecule has 5 heteroatoms. The molecule has 0 radical (unpaired) electrons. The number of methoxy groups -OCH3 is 1. The monoisotopic (exact) mass is 428 g/mol. The van der Waals surface area contributed by atoms with Crippen molar-refractivity contribution in [1.29, 1.82) is 0 Å². The molecule has 0 saturated heterocycles. The molecule has 0 saturated carbocycles. The summed E-state index contributed by atoms with van der Waals surface area (Å²) < 4.78 is 13.0. The number of rotatable bonds is 5. The van der Waals surface area contributed by atoms with Crippen molar-refractivity contribution in [1.82, 2.24) is 0 Å². The van der Waals surface area contributed by atoms with Crippen molar-refractivity contribution in [2.75, 3.05) is 7.11 Å². The van der Waals surface area contributed by atoms with Gasteiger partial charge in [0.1, 0.15) is 11.5 Å². The van der Waals surface area contributed by atoms with E-state index in [2.05, 4.69) is 45.7 Å². The van der Waals surface area contributed by atoms with Crippen LogP contribution in [0.3, 0.4) is 0 Å². The van der Waals surface area contributed by atoms with Gasteiger partial charge in [0.15, 0.2) is 5.75 Å². The fraction of sp³-hybridized carbons (Fsp3) is 0.294. The Kier molecular flexibility index (Phi) is 5.89. The van der Waals surface area contributed by atoms with Crippen LogP contribution in [0.25, 0.3) is 0 Å². The van der Waals surface area contributed by atoms with E-state index in [1.165, 1.54) is 0 Å². The summed E-state index contributed by atoms with van der Waals surface area (Å²) in [5, 5.41) is 9.23. The van der Waals surface area contributed by atoms with E-state index in [1.54, 1.807) is 7.11 Å². The van der Waals surface area contributed by atoms with Gasteiger partial charge in [0, 0.05) is 5.56 Å². The normalized spacial score (nSPS) is 10.9. The standard InChI is InChI=1S/C17H18Br2O3/c1-10(2)13-8-12(4-5-16(13)21-3)22-17-14(18)6-11(9-20)7-15(17)19/h4-8,10,20H,9H2,1-3H3. The number of hydrogen-bond acceptors (Lipinski definition) is 3. The Morgan fingerprint density at radius 3 is 2.23 bits per heavy atom. The lowest BCUT2D eigenvalue weighted by molar-refractivity contribution is 0.281. The molecule has 0 bridgehead atoms. The van der Waals surface area contributed by atoms with E-state index < -0.39 is 0 Å².